The van der Waals surface area contributed by atoms with Crippen LogP contribution < -0.4 is 5.56 Å². The minimum absolute atomic E-state index is 0.0254. The number of pyridine rings is 1. The third-order valence-electron chi connectivity index (χ3n) is 4.58. The Morgan fingerprint density at radius 2 is 1.86 bits per heavy atom. The summed E-state index contributed by atoms with van der Waals surface area (Å²) in [4.78, 5) is 31.0. The lowest BCUT2D eigenvalue weighted by molar-refractivity contribution is -0.131. The molecule has 2 heterocycles. The number of aromatic nitrogens is 3. The van der Waals surface area contributed by atoms with E-state index in [0.717, 1.165) is 18.4 Å². The van der Waals surface area contributed by atoms with E-state index in [-0.39, 0.29) is 23.9 Å². The van der Waals surface area contributed by atoms with Crippen LogP contribution in [0, 0.1) is 0 Å². The molecule has 0 radical (unpaired) electrons. The third-order valence-corrected chi connectivity index (χ3v) is 4.83. The molecular weight excluding hydrogens is 392 g/mol. The predicted octanol–water partition coefficient (Wildman–Crippen LogP) is 3.87. The second-order valence-corrected chi connectivity index (χ2v) is 7.08. The van der Waals surface area contributed by atoms with Gasteiger partial charge in [-0.25, -0.2) is 0 Å². The molecule has 3 aromatic rings. The van der Waals surface area contributed by atoms with Crippen LogP contribution in [0.5, 0.6) is 0 Å². The molecule has 1 amide bonds. The number of rotatable bonds is 8. The van der Waals surface area contributed by atoms with Gasteiger partial charge in [-0.15, -0.1) is 0 Å². The maximum absolute atomic E-state index is 12.6. The van der Waals surface area contributed by atoms with Crippen LogP contribution >= 0.6 is 11.6 Å². The summed E-state index contributed by atoms with van der Waals surface area (Å²) < 4.78 is 6.73. The molecule has 0 bridgehead atoms. The van der Waals surface area contributed by atoms with Crippen molar-refractivity contribution in [1.82, 2.24) is 19.6 Å². The number of nitrogens with zero attached hydrogens (tertiary/aromatic N) is 4. The van der Waals surface area contributed by atoms with Gasteiger partial charge in [-0.1, -0.05) is 30.1 Å². The SMILES string of the molecule is CCCCN(CC)C(=O)Cn1cc(-c2nc(-c3ccc(Cl)cc3)no2)ccc1=O. The van der Waals surface area contributed by atoms with Crippen LogP contribution in [0.2, 0.25) is 5.02 Å². The summed E-state index contributed by atoms with van der Waals surface area (Å²) in [6.45, 7) is 5.29. The highest BCUT2D eigenvalue weighted by Gasteiger charge is 2.15. The third kappa shape index (κ3) is 5.12. The maximum atomic E-state index is 12.6. The molecule has 0 unspecified atom stereocenters. The van der Waals surface area contributed by atoms with E-state index in [9.17, 15) is 9.59 Å². The lowest BCUT2D eigenvalue weighted by atomic mass is 10.2. The first-order chi connectivity index (χ1) is 14.0. The molecule has 0 aliphatic rings. The van der Waals surface area contributed by atoms with Gasteiger partial charge in [0.05, 0.1) is 5.56 Å². The number of likely N-dealkylation sites (N-methyl/N-ethyl adjacent to an activating group) is 1. The summed E-state index contributed by atoms with van der Waals surface area (Å²) in [5, 5.41) is 4.61. The molecule has 7 nitrogen and oxygen atoms in total. The second kappa shape index (κ2) is 9.52. The Morgan fingerprint density at radius 1 is 1.14 bits per heavy atom. The Kier molecular flexibility index (Phi) is 6.82. The van der Waals surface area contributed by atoms with Crippen LogP contribution in [-0.4, -0.2) is 38.6 Å². The van der Waals surface area contributed by atoms with Crippen LogP contribution in [0.1, 0.15) is 26.7 Å². The summed E-state index contributed by atoms with van der Waals surface area (Å²) in [5.74, 6) is 0.601. The number of hydrogen-bond donors (Lipinski definition) is 0. The van der Waals surface area contributed by atoms with Crippen LogP contribution in [0.15, 0.2) is 51.9 Å². The van der Waals surface area contributed by atoms with E-state index in [2.05, 4.69) is 17.1 Å². The van der Waals surface area contributed by atoms with E-state index < -0.39 is 0 Å². The fourth-order valence-corrected chi connectivity index (χ4v) is 3.02. The fourth-order valence-electron chi connectivity index (χ4n) is 2.89. The van der Waals surface area contributed by atoms with Crippen molar-refractivity contribution in [1.29, 1.82) is 0 Å². The van der Waals surface area contributed by atoms with Gasteiger partial charge >= 0.3 is 0 Å². The molecule has 0 N–H and O–H groups in total. The fraction of sp³-hybridized carbons (Fsp3) is 0.333. The van der Waals surface area contributed by atoms with Gasteiger partial charge in [-0.2, -0.15) is 4.98 Å². The van der Waals surface area contributed by atoms with E-state index in [1.165, 1.54) is 10.6 Å². The molecule has 3 rings (SSSR count). The number of hydrogen-bond acceptors (Lipinski definition) is 5. The molecule has 0 fully saturated rings. The lowest BCUT2D eigenvalue weighted by Gasteiger charge is -2.21. The molecule has 0 atom stereocenters. The Morgan fingerprint density at radius 3 is 2.55 bits per heavy atom. The molecule has 29 heavy (non-hydrogen) atoms. The Hall–Kier alpha value is -2.93. The van der Waals surface area contributed by atoms with Crippen molar-refractivity contribution in [3.63, 3.8) is 0 Å². The standard InChI is InChI=1S/C21H23ClN4O3/c1-3-5-12-25(4-2)19(28)14-26-13-16(8-11-18(26)27)21-23-20(24-29-21)15-6-9-17(22)10-7-15/h6-11,13H,3-5,12,14H2,1-2H3. The average Bonchev–Trinajstić information content (AvgIpc) is 3.21. The van der Waals surface area contributed by atoms with Gasteiger partial charge in [0.25, 0.3) is 11.4 Å². The molecule has 8 heteroatoms. The molecular formula is C21H23ClN4O3. The van der Waals surface area contributed by atoms with E-state index in [1.807, 2.05) is 6.92 Å². The van der Waals surface area contributed by atoms with E-state index in [0.29, 0.717) is 29.5 Å². The summed E-state index contributed by atoms with van der Waals surface area (Å²) in [6, 6.07) is 10.1. The highest BCUT2D eigenvalue weighted by atomic mass is 35.5. The normalized spacial score (nSPS) is 10.9. The van der Waals surface area contributed by atoms with Gasteiger partial charge in [0.15, 0.2) is 0 Å². The Bertz CT molecular complexity index is 1030. The molecule has 1 aromatic carbocycles. The molecule has 0 spiro atoms. The number of halogens is 1. The van der Waals surface area contributed by atoms with Gasteiger partial charge in [-0.05, 0) is 43.7 Å². The summed E-state index contributed by atoms with van der Waals surface area (Å²) in [6.07, 6.45) is 3.52. The van der Waals surface area contributed by atoms with Crippen molar-refractivity contribution in [2.24, 2.45) is 0 Å². The van der Waals surface area contributed by atoms with E-state index in [4.69, 9.17) is 16.1 Å². The van der Waals surface area contributed by atoms with Crippen LogP contribution in [0.25, 0.3) is 22.8 Å². The number of unbranched alkanes of at least 4 members (excludes halogenated alkanes) is 1. The van der Waals surface area contributed by atoms with Crippen molar-refractivity contribution in [3.05, 3.63) is 58.0 Å². The number of carbonyl (C=O) groups is 1. The smallest absolute Gasteiger partial charge is 0.259 e. The van der Waals surface area contributed by atoms with Crippen molar-refractivity contribution < 1.29 is 9.32 Å². The van der Waals surface area contributed by atoms with Gasteiger partial charge in [0.1, 0.15) is 6.54 Å². The minimum atomic E-state index is -0.258. The largest absolute Gasteiger partial charge is 0.341 e. The van der Waals surface area contributed by atoms with Gasteiger partial charge in [0, 0.05) is 35.9 Å². The number of benzene rings is 1. The molecule has 0 saturated heterocycles. The summed E-state index contributed by atoms with van der Waals surface area (Å²) >= 11 is 5.91. The zero-order chi connectivity index (χ0) is 20.8. The van der Waals surface area contributed by atoms with Gasteiger partial charge in [0.2, 0.25) is 11.7 Å². The maximum Gasteiger partial charge on any atom is 0.259 e. The monoisotopic (exact) mass is 414 g/mol. The number of amides is 1. The first-order valence-corrected chi connectivity index (χ1v) is 9.98. The van der Waals surface area contributed by atoms with Crippen molar-refractivity contribution in [3.8, 4) is 22.8 Å². The Balaban J connectivity index is 1.81. The topological polar surface area (TPSA) is 81.2 Å². The van der Waals surface area contributed by atoms with Crippen molar-refractivity contribution in [2.75, 3.05) is 13.1 Å². The zero-order valence-electron chi connectivity index (χ0n) is 16.5. The molecule has 0 aliphatic carbocycles. The summed E-state index contributed by atoms with van der Waals surface area (Å²) in [5.41, 5.74) is 1.08. The first-order valence-electron chi connectivity index (χ1n) is 9.60. The molecule has 0 saturated carbocycles. The van der Waals surface area contributed by atoms with Crippen molar-refractivity contribution >= 4 is 17.5 Å². The van der Waals surface area contributed by atoms with Crippen LogP contribution in [0.3, 0.4) is 0 Å². The highest BCUT2D eigenvalue weighted by Crippen LogP contribution is 2.22. The van der Waals surface area contributed by atoms with E-state index in [1.54, 1.807) is 41.4 Å². The quantitative estimate of drug-likeness (QED) is 0.559. The molecule has 152 valence electrons. The van der Waals surface area contributed by atoms with Gasteiger partial charge < -0.3 is 14.0 Å². The highest BCUT2D eigenvalue weighted by molar-refractivity contribution is 6.30. The van der Waals surface area contributed by atoms with Gasteiger partial charge in [-0.3, -0.25) is 9.59 Å². The predicted molar refractivity (Wildman–Crippen MR) is 112 cm³/mol. The molecule has 0 aliphatic heterocycles. The summed E-state index contributed by atoms with van der Waals surface area (Å²) in [7, 11) is 0. The lowest BCUT2D eigenvalue weighted by Crippen LogP contribution is -2.36. The number of carbonyl (C=O) groups excluding carboxylic acids is 1. The second-order valence-electron chi connectivity index (χ2n) is 6.64. The first kappa shape index (κ1) is 20.8. The van der Waals surface area contributed by atoms with Crippen molar-refractivity contribution in [2.45, 2.75) is 33.2 Å². The van der Waals surface area contributed by atoms with Crippen LogP contribution in [-0.2, 0) is 11.3 Å². The minimum Gasteiger partial charge on any atom is -0.341 e. The Labute approximate surface area is 173 Å². The van der Waals surface area contributed by atoms with Crippen LogP contribution in [0.4, 0.5) is 0 Å². The molecule has 2 aromatic heterocycles. The zero-order valence-corrected chi connectivity index (χ0v) is 17.2. The van der Waals surface area contributed by atoms with E-state index >= 15 is 0 Å². The average molecular weight is 415 g/mol.